The number of fused-ring (bicyclic) bond motifs is 2. The first-order valence-corrected chi connectivity index (χ1v) is 22.2. The fourth-order valence-corrected chi connectivity index (χ4v) is 8.48. The lowest BCUT2D eigenvalue weighted by Crippen LogP contribution is -2.03. The summed E-state index contributed by atoms with van der Waals surface area (Å²) in [5.74, 6) is 5.23. The SMILES string of the molecule is C/C=C\C(=C(/C)OPOc1c(C(C)C)cc2cc(C(C)C)ccc2c1-c1c(OPO/C(C)=C(/C=C\C)C(C)C)c(C(C)C)cc2cc(C(C)C)ccc12)C(C)C. The Hall–Kier alpha value is -3.58. The summed E-state index contributed by atoms with van der Waals surface area (Å²) < 4.78 is 26.9. The van der Waals surface area contributed by atoms with Crippen molar-refractivity contribution in [1.29, 1.82) is 0 Å². The van der Waals surface area contributed by atoms with E-state index in [0.29, 0.717) is 23.7 Å². The summed E-state index contributed by atoms with van der Waals surface area (Å²) in [6, 6.07) is 18.5. The Balaban J connectivity index is 2.13. The molecule has 0 saturated carbocycles. The van der Waals surface area contributed by atoms with Crippen molar-refractivity contribution in [2.24, 2.45) is 11.8 Å². The predicted octanol–water partition coefficient (Wildman–Crippen LogP) is 17.0. The minimum absolute atomic E-state index is 0.182. The summed E-state index contributed by atoms with van der Waals surface area (Å²) in [6.07, 6.45) is 8.42. The fourth-order valence-electron chi connectivity index (χ4n) is 7.31. The van der Waals surface area contributed by atoms with Crippen LogP contribution in [0, 0.1) is 11.8 Å². The second-order valence-corrected chi connectivity index (χ2v) is 18.0. The highest BCUT2D eigenvalue weighted by molar-refractivity contribution is 7.27. The average molecular weight is 795 g/mol. The molecule has 4 rings (SSSR count). The topological polar surface area (TPSA) is 36.9 Å². The highest BCUT2D eigenvalue weighted by Gasteiger charge is 2.27. The first kappa shape index (κ1) is 45.1. The van der Waals surface area contributed by atoms with E-state index in [1.54, 1.807) is 0 Å². The Labute approximate surface area is 343 Å². The number of rotatable bonds is 17. The quantitative estimate of drug-likeness (QED) is 0.0606. The van der Waals surface area contributed by atoms with Crippen molar-refractivity contribution >= 4 is 39.6 Å². The lowest BCUT2D eigenvalue weighted by Gasteiger charge is -2.26. The van der Waals surface area contributed by atoms with Crippen LogP contribution < -0.4 is 9.05 Å². The molecule has 0 aliphatic heterocycles. The molecule has 56 heavy (non-hydrogen) atoms. The van der Waals surface area contributed by atoms with Crippen LogP contribution in [0.1, 0.15) is 157 Å². The van der Waals surface area contributed by atoms with Crippen LogP contribution in [0.4, 0.5) is 0 Å². The van der Waals surface area contributed by atoms with Gasteiger partial charge in [-0.15, -0.1) is 0 Å². The maximum atomic E-state index is 6.99. The second kappa shape index (κ2) is 20.2. The van der Waals surface area contributed by atoms with E-state index in [-0.39, 0.29) is 29.9 Å². The van der Waals surface area contributed by atoms with Gasteiger partial charge in [0.15, 0.2) is 0 Å². The van der Waals surface area contributed by atoms with E-state index in [1.807, 2.05) is 27.7 Å². The van der Waals surface area contributed by atoms with Crippen LogP contribution in [0.5, 0.6) is 11.5 Å². The second-order valence-electron chi connectivity index (χ2n) is 16.8. The summed E-state index contributed by atoms with van der Waals surface area (Å²) in [5.41, 5.74) is 9.29. The molecule has 0 saturated heterocycles. The highest BCUT2D eigenvalue weighted by Crippen LogP contribution is 2.53. The van der Waals surface area contributed by atoms with Crippen molar-refractivity contribution in [2.75, 3.05) is 0 Å². The Morgan fingerprint density at radius 2 is 0.857 bits per heavy atom. The summed E-state index contributed by atoms with van der Waals surface area (Å²) >= 11 is 0. The van der Waals surface area contributed by atoms with Gasteiger partial charge >= 0.3 is 0 Å². The summed E-state index contributed by atoms with van der Waals surface area (Å²) in [5, 5.41) is 4.63. The van der Waals surface area contributed by atoms with Crippen LogP contribution in [0.3, 0.4) is 0 Å². The van der Waals surface area contributed by atoms with Crippen molar-refractivity contribution in [3.63, 3.8) is 0 Å². The molecule has 0 aliphatic rings. The average Bonchev–Trinajstić information content (AvgIpc) is 3.14. The van der Waals surface area contributed by atoms with Gasteiger partial charge in [-0.3, -0.25) is 0 Å². The third-order valence-electron chi connectivity index (χ3n) is 10.5. The first-order valence-electron chi connectivity index (χ1n) is 20.6. The molecule has 4 nitrogen and oxygen atoms in total. The van der Waals surface area contributed by atoms with Crippen LogP contribution >= 0.6 is 18.1 Å². The zero-order chi connectivity index (χ0) is 41.4. The van der Waals surface area contributed by atoms with E-state index in [4.69, 9.17) is 18.1 Å². The van der Waals surface area contributed by atoms with E-state index >= 15 is 0 Å². The molecule has 302 valence electrons. The summed E-state index contributed by atoms with van der Waals surface area (Å²) in [7, 11) is -0.481. The number of allylic oxidation sites excluding steroid dienone is 8. The fraction of sp³-hybridized carbons (Fsp3) is 0.440. The minimum Gasteiger partial charge on any atom is -0.445 e. The summed E-state index contributed by atoms with van der Waals surface area (Å²) in [6.45, 7) is 35.0. The third-order valence-corrected chi connectivity index (χ3v) is 11.9. The number of hydrogen-bond donors (Lipinski definition) is 0. The normalized spacial score (nSPS) is 13.9. The van der Waals surface area contributed by atoms with Gasteiger partial charge in [0.2, 0.25) is 0 Å². The molecular formula is C50H68O4P2. The minimum atomic E-state index is -0.240. The molecule has 0 N–H and O–H groups in total. The molecule has 0 spiro atoms. The smallest absolute Gasteiger partial charge is 0.275 e. The van der Waals surface area contributed by atoms with E-state index < -0.39 is 0 Å². The molecule has 2 atom stereocenters. The van der Waals surface area contributed by atoms with Gasteiger partial charge in [-0.2, -0.15) is 0 Å². The largest absolute Gasteiger partial charge is 0.445 e. The first-order chi connectivity index (χ1) is 26.5. The monoisotopic (exact) mass is 794 g/mol. The van der Waals surface area contributed by atoms with Gasteiger partial charge in [-0.05, 0) is 130 Å². The molecule has 0 bridgehead atoms. The molecule has 2 unspecified atom stereocenters. The van der Waals surface area contributed by atoms with E-state index in [0.717, 1.165) is 56.0 Å². The molecule has 0 heterocycles. The Morgan fingerprint density at radius 1 is 0.500 bits per heavy atom. The van der Waals surface area contributed by atoms with Gasteiger partial charge in [0.1, 0.15) is 23.0 Å². The maximum Gasteiger partial charge on any atom is 0.275 e. The van der Waals surface area contributed by atoms with Crippen molar-refractivity contribution in [2.45, 2.75) is 134 Å². The molecule has 0 fully saturated rings. The van der Waals surface area contributed by atoms with Crippen LogP contribution in [0.2, 0.25) is 0 Å². The Morgan fingerprint density at radius 3 is 1.14 bits per heavy atom. The zero-order valence-electron chi connectivity index (χ0n) is 37.0. The predicted molar refractivity (Wildman–Crippen MR) is 248 cm³/mol. The Kier molecular flexibility index (Phi) is 16.3. The van der Waals surface area contributed by atoms with Gasteiger partial charge in [-0.25, -0.2) is 0 Å². The maximum absolute atomic E-state index is 6.99. The molecule has 0 amide bonds. The lowest BCUT2D eigenvalue weighted by molar-refractivity contribution is 0.414. The van der Waals surface area contributed by atoms with Crippen LogP contribution in [0.25, 0.3) is 32.7 Å². The molecule has 0 aromatic heterocycles. The molecular weight excluding hydrogens is 726 g/mol. The van der Waals surface area contributed by atoms with Crippen LogP contribution in [-0.2, 0) is 9.05 Å². The highest BCUT2D eigenvalue weighted by atomic mass is 31.1. The Bertz CT molecular complexity index is 1960. The van der Waals surface area contributed by atoms with Crippen LogP contribution in [0.15, 0.2) is 95.5 Å². The van der Waals surface area contributed by atoms with Gasteiger partial charge in [0.25, 0.3) is 18.1 Å². The molecule has 6 heteroatoms. The van der Waals surface area contributed by atoms with Gasteiger partial charge in [0, 0.05) is 11.1 Å². The van der Waals surface area contributed by atoms with Crippen molar-refractivity contribution in [3.8, 4) is 22.6 Å². The van der Waals surface area contributed by atoms with Crippen LogP contribution in [-0.4, -0.2) is 0 Å². The van der Waals surface area contributed by atoms with Gasteiger partial charge in [0.05, 0.1) is 0 Å². The van der Waals surface area contributed by atoms with E-state index in [1.165, 1.54) is 33.0 Å². The molecule has 0 aliphatic carbocycles. The summed E-state index contributed by atoms with van der Waals surface area (Å²) in [4.78, 5) is 0. The van der Waals surface area contributed by atoms with E-state index in [9.17, 15) is 0 Å². The third kappa shape index (κ3) is 10.5. The van der Waals surface area contributed by atoms with Gasteiger partial charge < -0.3 is 18.1 Å². The van der Waals surface area contributed by atoms with E-state index in [2.05, 4.69) is 156 Å². The number of benzene rings is 4. The number of hydrogen-bond acceptors (Lipinski definition) is 4. The van der Waals surface area contributed by atoms with Gasteiger partial charge in [-0.1, -0.05) is 144 Å². The molecule has 4 aromatic rings. The van der Waals surface area contributed by atoms with Crippen molar-refractivity contribution in [1.82, 2.24) is 0 Å². The standard InChI is InChI=1S/C50H68O4P2/c1-17-19-41(31(7)8)35(15)51-55-53-49-45(33(11)12)27-39-25-37(29(3)4)21-23-43(39)47(49)48-44-24-22-38(30(5)6)26-40(44)28-46(34(13)14)50(48)54-56-52-36(16)42(20-18-2)32(9)10/h17-34,55-56H,1-16H3/b19-17-,20-18-,41-35-,42-36-. The zero-order valence-corrected chi connectivity index (χ0v) is 39.0. The van der Waals surface area contributed by atoms with Crippen molar-refractivity contribution < 1.29 is 18.1 Å². The molecule has 4 aromatic carbocycles. The lowest BCUT2D eigenvalue weighted by atomic mass is 9.84. The van der Waals surface area contributed by atoms with Crippen molar-refractivity contribution in [3.05, 3.63) is 118 Å². The molecule has 0 radical (unpaired) electrons.